The summed E-state index contributed by atoms with van der Waals surface area (Å²) in [5, 5.41) is 3.18. The van der Waals surface area contributed by atoms with Crippen molar-refractivity contribution in [1.29, 1.82) is 0 Å². The Hall–Kier alpha value is -3.30. The van der Waals surface area contributed by atoms with E-state index in [9.17, 15) is 4.79 Å². The molecule has 0 fully saturated rings. The number of nitrogens with one attached hydrogen (secondary N) is 3. The topological polar surface area (TPSA) is 80.9 Å². The number of anilines is 1. The first-order valence-electron chi connectivity index (χ1n) is 9.55. The Kier molecular flexibility index (Phi) is 8.29. The monoisotopic (exact) mass is 515 g/mol. The number of hydrogen-bond acceptors (Lipinski definition) is 5. The summed E-state index contributed by atoms with van der Waals surface area (Å²) in [6.45, 7) is 0.336. The third kappa shape index (κ3) is 6.60. The summed E-state index contributed by atoms with van der Waals surface area (Å²) in [6.07, 6.45) is 0. The average Bonchev–Trinajstić information content (AvgIpc) is 2.81. The molecule has 3 rings (SSSR count). The van der Waals surface area contributed by atoms with Crippen LogP contribution in [0.1, 0.15) is 15.9 Å². The van der Waals surface area contributed by atoms with Crippen LogP contribution < -0.4 is 30.4 Å². The van der Waals surface area contributed by atoms with Crippen LogP contribution in [0.15, 0.2) is 71.2 Å². The first-order chi connectivity index (χ1) is 15.5. The maximum Gasteiger partial charge on any atom is 0.269 e. The molecule has 3 aromatic rings. The number of thiocarbonyl (C=S) groups is 1. The average molecular weight is 516 g/mol. The van der Waals surface area contributed by atoms with Gasteiger partial charge < -0.3 is 19.5 Å². The Bertz CT molecular complexity index is 1110. The van der Waals surface area contributed by atoms with Gasteiger partial charge in [0.1, 0.15) is 23.9 Å². The molecule has 0 heterocycles. The summed E-state index contributed by atoms with van der Waals surface area (Å²) in [7, 11) is 3.12. The largest absolute Gasteiger partial charge is 0.497 e. The van der Waals surface area contributed by atoms with Crippen molar-refractivity contribution in [1.82, 2.24) is 10.9 Å². The highest BCUT2D eigenvalue weighted by atomic mass is 79.9. The van der Waals surface area contributed by atoms with E-state index in [-0.39, 0.29) is 11.0 Å². The van der Waals surface area contributed by atoms with Gasteiger partial charge in [-0.25, -0.2) is 0 Å². The number of carbonyl (C=O) groups excluding carboxylic acids is 1. The predicted molar refractivity (Wildman–Crippen MR) is 131 cm³/mol. The van der Waals surface area contributed by atoms with Crippen molar-refractivity contribution in [3.05, 3.63) is 82.3 Å². The molecular formula is C23H22BrN3O4S. The van der Waals surface area contributed by atoms with Crippen LogP contribution in [0.2, 0.25) is 0 Å². The molecule has 166 valence electrons. The Balaban J connectivity index is 1.54. The molecule has 0 saturated heterocycles. The third-order valence-electron chi connectivity index (χ3n) is 4.34. The molecule has 0 spiro atoms. The number of hydrazine groups is 1. The van der Waals surface area contributed by atoms with Crippen LogP contribution >= 0.6 is 28.1 Å². The van der Waals surface area contributed by atoms with Gasteiger partial charge in [-0.05, 0) is 60.2 Å². The fourth-order valence-corrected chi connectivity index (χ4v) is 3.31. The highest BCUT2D eigenvalue weighted by molar-refractivity contribution is 9.10. The van der Waals surface area contributed by atoms with Crippen LogP contribution in [0.25, 0.3) is 0 Å². The molecule has 0 bridgehead atoms. The van der Waals surface area contributed by atoms with Gasteiger partial charge in [-0.2, -0.15) is 0 Å². The molecule has 3 aromatic carbocycles. The predicted octanol–water partition coefficient (Wildman–Crippen LogP) is 4.68. The molecule has 0 aromatic heterocycles. The van der Waals surface area contributed by atoms with E-state index in [1.807, 2.05) is 30.3 Å². The molecule has 9 heteroatoms. The number of benzene rings is 3. The summed E-state index contributed by atoms with van der Waals surface area (Å²) < 4.78 is 17.2. The van der Waals surface area contributed by atoms with Gasteiger partial charge >= 0.3 is 0 Å². The molecule has 0 saturated carbocycles. The molecule has 0 atom stereocenters. The van der Waals surface area contributed by atoms with E-state index >= 15 is 0 Å². The lowest BCUT2D eigenvalue weighted by molar-refractivity contribution is 0.0944. The second-order valence-electron chi connectivity index (χ2n) is 6.55. The zero-order valence-corrected chi connectivity index (χ0v) is 19.9. The van der Waals surface area contributed by atoms with Crippen LogP contribution in [0.3, 0.4) is 0 Å². The Morgan fingerprint density at radius 3 is 2.50 bits per heavy atom. The van der Waals surface area contributed by atoms with Gasteiger partial charge in [-0.1, -0.05) is 34.1 Å². The van der Waals surface area contributed by atoms with Crippen molar-refractivity contribution in [2.75, 3.05) is 19.5 Å². The highest BCUT2D eigenvalue weighted by Gasteiger charge is 2.10. The van der Waals surface area contributed by atoms with E-state index in [4.69, 9.17) is 26.4 Å². The summed E-state index contributed by atoms with van der Waals surface area (Å²) in [4.78, 5) is 12.5. The quantitative estimate of drug-likeness (QED) is 0.311. The maximum absolute atomic E-state index is 12.5. The normalized spacial score (nSPS) is 10.1. The summed E-state index contributed by atoms with van der Waals surface area (Å²) >= 11 is 8.67. The van der Waals surface area contributed by atoms with E-state index in [1.54, 1.807) is 50.6 Å². The first-order valence-corrected chi connectivity index (χ1v) is 10.8. The number of ether oxygens (including phenoxy) is 3. The third-order valence-corrected chi connectivity index (χ3v) is 5.03. The van der Waals surface area contributed by atoms with Gasteiger partial charge in [0.15, 0.2) is 5.11 Å². The molecule has 0 aliphatic rings. The standard InChI is InChI=1S/C23H22BrN3O4S/c1-29-18-9-10-20(21(13-18)30-2)25-23(32)27-26-22(28)16-6-3-5-15(11-16)14-31-19-8-4-7-17(24)12-19/h3-13H,14H2,1-2H3,(H,26,28)(H2,25,27,32). The zero-order chi connectivity index (χ0) is 22.9. The molecular weight excluding hydrogens is 494 g/mol. The Labute approximate surface area is 200 Å². The van der Waals surface area contributed by atoms with Crippen LogP contribution in [0.4, 0.5) is 5.69 Å². The van der Waals surface area contributed by atoms with Crippen LogP contribution in [-0.4, -0.2) is 25.2 Å². The second kappa shape index (κ2) is 11.4. The van der Waals surface area contributed by atoms with Gasteiger partial charge in [0.25, 0.3) is 5.91 Å². The zero-order valence-electron chi connectivity index (χ0n) is 17.5. The number of rotatable bonds is 7. The van der Waals surface area contributed by atoms with Crippen molar-refractivity contribution >= 4 is 44.9 Å². The molecule has 0 radical (unpaired) electrons. The van der Waals surface area contributed by atoms with E-state index < -0.39 is 0 Å². The van der Waals surface area contributed by atoms with Crippen molar-refractivity contribution in [3.8, 4) is 17.2 Å². The summed E-state index contributed by atoms with van der Waals surface area (Å²) in [5.74, 6) is 1.61. The number of halogens is 1. The highest BCUT2D eigenvalue weighted by Crippen LogP contribution is 2.28. The van der Waals surface area contributed by atoms with Crippen molar-refractivity contribution in [3.63, 3.8) is 0 Å². The van der Waals surface area contributed by atoms with Crippen LogP contribution in [0.5, 0.6) is 17.2 Å². The number of amides is 1. The van der Waals surface area contributed by atoms with Gasteiger partial charge in [-0.15, -0.1) is 0 Å². The first kappa shape index (κ1) is 23.4. The lowest BCUT2D eigenvalue weighted by Crippen LogP contribution is -2.43. The molecule has 0 aliphatic carbocycles. The van der Waals surface area contributed by atoms with Gasteiger partial charge in [0, 0.05) is 16.1 Å². The van der Waals surface area contributed by atoms with Crippen LogP contribution in [-0.2, 0) is 6.61 Å². The maximum atomic E-state index is 12.5. The summed E-state index contributed by atoms with van der Waals surface area (Å²) in [6, 6.07) is 20.0. The fourth-order valence-electron chi connectivity index (χ4n) is 2.77. The van der Waals surface area contributed by atoms with Gasteiger partial charge in [-0.3, -0.25) is 15.6 Å². The van der Waals surface area contributed by atoms with Crippen LogP contribution in [0, 0.1) is 0 Å². The molecule has 0 unspecified atom stereocenters. The summed E-state index contributed by atoms with van der Waals surface area (Å²) in [5.41, 5.74) is 7.24. The lowest BCUT2D eigenvalue weighted by atomic mass is 10.1. The smallest absolute Gasteiger partial charge is 0.269 e. The molecule has 0 aliphatic heterocycles. The van der Waals surface area contributed by atoms with E-state index in [2.05, 4.69) is 32.1 Å². The molecule has 1 amide bonds. The van der Waals surface area contributed by atoms with Gasteiger partial charge in [0.2, 0.25) is 0 Å². The van der Waals surface area contributed by atoms with Crippen molar-refractivity contribution in [2.24, 2.45) is 0 Å². The fraction of sp³-hybridized carbons (Fsp3) is 0.130. The van der Waals surface area contributed by atoms with Crippen molar-refractivity contribution in [2.45, 2.75) is 6.61 Å². The minimum Gasteiger partial charge on any atom is -0.497 e. The Morgan fingerprint density at radius 1 is 0.938 bits per heavy atom. The SMILES string of the molecule is COc1ccc(NC(=S)NNC(=O)c2cccc(COc3cccc(Br)c3)c2)c(OC)c1. The number of carbonyl (C=O) groups is 1. The Morgan fingerprint density at radius 2 is 1.75 bits per heavy atom. The van der Waals surface area contributed by atoms with Gasteiger partial charge in [0.05, 0.1) is 19.9 Å². The van der Waals surface area contributed by atoms with Crippen molar-refractivity contribution < 1.29 is 19.0 Å². The lowest BCUT2D eigenvalue weighted by Gasteiger charge is -2.15. The minimum absolute atomic E-state index is 0.205. The second-order valence-corrected chi connectivity index (χ2v) is 7.87. The molecule has 3 N–H and O–H groups in total. The number of hydrogen-bond donors (Lipinski definition) is 3. The van der Waals surface area contributed by atoms with E-state index in [0.29, 0.717) is 29.4 Å². The number of methoxy groups -OCH3 is 2. The minimum atomic E-state index is -0.333. The van der Waals surface area contributed by atoms with E-state index in [1.165, 1.54) is 0 Å². The molecule has 32 heavy (non-hydrogen) atoms. The van der Waals surface area contributed by atoms with E-state index in [0.717, 1.165) is 15.8 Å². The molecule has 7 nitrogen and oxygen atoms in total.